The molecular weight excluding hydrogens is 439 g/mol. The second-order valence-corrected chi connectivity index (χ2v) is 8.66. The average Bonchev–Trinajstić information content (AvgIpc) is 3.05. The molecule has 2 heterocycles. The molecule has 0 N–H and O–H groups in total. The number of carbonyl (C=O) groups excluding carboxylic acids is 1. The Kier molecular flexibility index (Phi) is 5.97. The Bertz CT molecular complexity index is 780. The molecule has 1 amide bonds. The molecule has 26 heavy (non-hydrogen) atoms. The molecule has 3 rings (SSSR count). The monoisotopic (exact) mass is 458 g/mol. The van der Waals surface area contributed by atoms with Crippen molar-refractivity contribution < 1.29 is 4.79 Å². The third-order valence-electron chi connectivity index (χ3n) is 4.75. The van der Waals surface area contributed by atoms with Gasteiger partial charge in [-0.3, -0.25) is 14.4 Å². The number of nitrogens with zero attached hydrogens (tertiary/aromatic N) is 4. The summed E-state index contributed by atoms with van der Waals surface area (Å²) in [6, 6.07) is 5.56. The van der Waals surface area contributed by atoms with Crippen LogP contribution in [-0.4, -0.2) is 51.7 Å². The van der Waals surface area contributed by atoms with E-state index in [9.17, 15) is 4.79 Å². The van der Waals surface area contributed by atoms with Gasteiger partial charge in [0.15, 0.2) is 0 Å². The number of carbonyl (C=O) groups is 1. The van der Waals surface area contributed by atoms with Crippen molar-refractivity contribution in [3.8, 4) is 0 Å². The topological polar surface area (TPSA) is 41.4 Å². The minimum Gasteiger partial charge on any atom is -0.338 e. The molecule has 8 heteroatoms. The van der Waals surface area contributed by atoms with Gasteiger partial charge >= 0.3 is 0 Å². The maximum atomic E-state index is 13.0. The van der Waals surface area contributed by atoms with Gasteiger partial charge in [-0.1, -0.05) is 29.3 Å². The summed E-state index contributed by atoms with van der Waals surface area (Å²) in [5.74, 6) is 0.0727. The number of hydrogen-bond donors (Lipinski definition) is 0. The number of piperazine rings is 1. The Morgan fingerprint density at radius 2 is 1.81 bits per heavy atom. The predicted octanol–water partition coefficient (Wildman–Crippen LogP) is 4.03. The van der Waals surface area contributed by atoms with Crippen LogP contribution in [0.15, 0.2) is 35.1 Å². The molecule has 1 saturated heterocycles. The molecule has 1 aromatic heterocycles. The molecule has 1 aliphatic heterocycles. The van der Waals surface area contributed by atoms with Crippen LogP contribution in [0.1, 0.15) is 19.4 Å². The van der Waals surface area contributed by atoms with Gasteiger partial charge in [0.05, 0.1) is 10.7 Å². The SMILES string of the molecule is CC(C)(C(=O)N1CCN(Cc2c(Cl)cccc2Cl)CC1)n1cc(Br)cn1. The van der Waals surface area contributed by atoms with Crippen LogP contribution >= 0.6 is 39.1 Å². The van der Waals surface area contributed by atoms with Crippen LogP contribution in [0.4, 0.5) is 0 Å². The summed E-state index contributed by atoms with van der Waals surface area (Å²) >= 11 is 15.9. The van der Waals surface area contributed by atoms with Crippen molar-refractivity contribution in [1.82, 2.24) is 19.6 Å². The molecule has 1 fully saturated rings. The minimum absolute atomic E-state index is 0.0727. The van der Waals surface area contributed by atoms with E-state index in [1.807, 2.05) is 43.1 Å². The fraction of sp³-hybridized carbons (Fsp3) is 0.444. The lowest BCUT2D eigenvalue weighted by atomic mass is 10.0. The van der Waals surface area contributed by atoms with E-state index in [1.165, 1.54) is 0 Å². The third kappa shape index (κ3) is 4.09. The first-order valence-electron chi connectivity index (χ1n) is 8.44. The van der Waals surface area contributed by atoms with Crippen LogP contribution in [0, 0.1) is 0 Å². The summed E-state index contributed by atoms with van der Waals surface area (Å²) in [6.07, 6.45) is 3.52. The van der Waals surface area contributed by atoms with Gasteiger partial charge in [0, 0.05) is 54.5 Å². The highest BCUT2D eigenvalue weighted by atomic mass is 79.9. The fourth-order valence-electron chi connectivity index (χ4n) is 3.11. The number of benzene rings is 1. The molecule has 0 unspecified atom stereocenters. The van der Waals surface area contributed by atoms with E-state index in [-0.39, 0.29) is 5.91 Å². The molecule has 2 aromatic rings. The van der Waals surface area contributed by atoms with E-state index < -0.39 is 5.54 Å². The zero-order valence-electron chi connectivity index (χ0n) is 14.8. The van der Waals surface area contributed by atoms with Gasteiger partial charge in [0.2, 0.25) is 5.91 Å². The van der Waals surface area contributed by atoms with Crippen molar-refractivity contribution in [3.05, 3.63) is 50.7 Å². The van der Waals surface area contributed by atoms with E-state index in [0.717, 1.165) is 23.1 Å². The van der Waals surface area contributed by atoms with Crippen molar-refractivity contribution in [3.63, 3.8) is 0 Å². The van der Waals surface area contributed by atoms with Crippen molar-refractivity contribution in [2.45, 2.75) is 25.9 Å². The van der Waals surface area contributed by atoms with E-state index in [4.69, 9.17) is 23.2 Å². The maximum absolute atomic E-state index is 13.0. The van der Waals surface area contributed by atoms with Crippen molar-refractivity contribution in [2.24, 2.45) is 0 Å². The molecule has 0 bridgehead atoms. The largest absolute Gasteiger partial charge is 0.338 e. The highest BCUT2D eigenvalue weighted by Gasteiger charge is 2.36. The molecule has 0 radical (unpaired) electrons. The summed E-state index contributed by atoms with van der Waals surface area (Å²) in [4.78, 5) is 17.2. The summed E-state index contributed by atoms with van der Waals surface area (Å²) in [6.45, 7) is 7.39. The number of hydrogen-bond acceptors (Lipinski definition) is 3. The van der Waals surface area contributed by atoms with Crippen LogP contribution in [0.3, 0.4) is 0 Å². The first-order valence-corrected chi connectivity index (χ1v) is 9.99. The average molecular weight is 460 g/mol. The molecule has 0 aliphatic carbocycles. The van der Waals surface area contributed by atoms with Gasteiger partial charge in [-0.05, 0) is 41.9 Å². The molecule has 0 atom stereocenters. The standard InChI is InChI=1S/C18H21BrCl2N4O/c1-18(2,25-11-13(19)10-22-25)17(26)24-8-6-23(7-9-24)12-14-15(20)4-3-5-16(14)21/h3-5,10-11H,6-9,12H2,1-2H3. The second kappa shape index (κ2) is 7.89. The van der Waals surface area contributed by atoms with Gasteiger partial charge < -0.3 is 4.90 Å². The first kappa shape index (κ1) is 19.7. The van der Waals surface area contributed by atoms with E-state index >= 15 is 0 Å². The first-order chi connectivity index (χ1) is 12.3. The van der Waals surface area contributed by atoms with E-state index in [2.05, 4.69) is 25.9 Å². The number of halogens is 3. The zero-order chi connectivity index (χ0) is 18.9. The highest BCUT2D eigenvalue weighted by Crippen LogP contribution is 2.27. The normalized spacial score (nSPS) is 16.1. The van der Waals surface area contributed by atoms with E-state index in [1.54, 1.807) is 10.9 Å². The van der Waals surface area contributed by atoms with Gasteiger partial charge in [-0.15, -0.1) is 0 Å². The van der Waals surface area contributed by atoms with Crippen molar-refractivity contribution >= 4 is 45.0 Å². The van der Waals surface area contributed by atoms with Crippen LogP contribution in [0.2, 0.25) is 10.0 Å². The smallest absolute Gasteiger partial charge is 0.250 e. The quantitative estimate of drug-likeness (QED) is 0.692. The number of amides is 1. The fourth-order valence-corrected chi connectivity index (χ4v) is 3.91. The Morgan fingerprint density at radius 3 is 2.35 bits per heavy atom. The molecular formula is C18H21BrCl2N4O. The van der Waals surface area contributed by atoms with Crippen LogP contribution < -0.4 is 0 Å². The molecule has 0 spiro atoms. The summed E-state index contributed by atoms with van der Waals surface area (Å²) < 4.78 is 2.56. The van der Waals surface area contributed by atoms with Gasteiger partial charge in [0.1, 0.15) is 5.54 Å². The Labute approximate surface area is 172 Å². The Hall–Kier alpha value is -1.08. The number of aromatic nitrogens is 2. The molecule has 0 saturated carbocycles. The van der Waals surface area contributed by atoms with Gasteiger partial charge in [0.25, 0.3) is 0 Å². The number of rotatable bonds is 4. The van der Waals surface area contributed by atoms with E-state index in [0.29, 0.717) is 29.7 Å². The van der Waals surface area contributed by atoms with Crippen molar-refractivity contribution in [2.75, 3.05) is 26.2 Å². The van der Waals surface area contributed by atoms with Gasteiger partial charge in [-0.2, -0.15) is 5.10 Å². The summed E-state index contributed by atoms with van der Waals surface area (Å²) in [7, 11) is 0. The Morgan fingerprint density at radius 1 is 1.19 bits per heavy atom. The molecule has 1 aromatic carbocycles. The maximum Gasteiger partial charge on any atom is 0.250 e. The second-order valence-electron chi connectivity index (χ2n) is 6.93. The molecule has 5 nitrogen and oxygen atoms in total. The lowest BCUT2D eigenvalue weighted by Crippen LogP contribution is -2.54. The van der Waals surface area contributed by atoms with Crippen LogP contribution in [-0.2, 0) is 16.9 Å². The van der Waals surface area contributed by atoms with Crippen molar-refractivity contribution in [1.29, 1.82) is 0 Å². The van der Waals surface area contributed by atoms with Crippen LogP contribution in [0.25, 0.3) is 0 Å². The van der Waals surface area contributed by atoms with Crippen LogP contribution in [0.5, 0.6) is 0 Å². The lowest BCUT2D eigenvalue weighted by Gasteiger charge is -2.38. The third-order valence-corrected chi connectivity index (χ3v) is 5.87. The summed E-state index contributed by atoms with van der Waals surface area (Å²) in [5.41, 5.74) is 0.220. The lowest BCUT2D eigenvalue weighted by molar-refractivity contribution is -0.141. The minimum atomic E-state index is -0.722. The zero-order valence-corrected chi connectivity index (χ0v) is 17.9. The molecule has 1 aliphatic rings. The van der Waals surface area contributed by atoms with Gasteiger partial charge in [-0.25, -0.2) is 0 Å². The Balaban J connectivity index is 1.62. The molecule has 140 valence electrons. The predicted molar refractivity (Wildman–Crippen MR) is 108 cm³/mol. The highest BCUT2D eigenvalue weighted by molar-refractivity contribution is 9.10. The summed E-state index contributed by atoms with van der Waals surface area (Å²) in [5, 5.41) is 5.64.